The van der Waals surface area contributed by atoms with Gasteiger partial charge in [-0.05, 0) is 42.9 Å². The maximum atomic E-state index is 12.2. The van der Waals surface area contributed by atoms with E-state index in [1.165, 1.54) is 4.90 Å². The highest BCUT2D eigenvalue weighted by atomic mass is 32.2. The van der Waals surface area contributed by atoms with E-state index in [4.69, 9.17) is 0 Å². The van der Waals surface area contributed by atoms with Crippen LogP contribution in [0, 0.1) is 0 Å². The monoisotopic (exact) mass is 279 g/mol. The Morgan fingerprint density at radius 1 is 1.32 bits per heavy atom. The van der Waals surface area contributed by atoms with Gasteiger partial charge < -0.3 is 10.4 Å². The summed E-state index contributed by atoms with van der Waals surface area (Å²) in [5.74, 6) is 0.947. The fourth-order valence-electron chi connectivity index (χ4n) is 2.56. The molecule has 2 N–H and O–H groups in total. The molecule has 0 heterocycles. The van der Waals surface area contributed by atoms with E-state index in [9.17, 15) is 9.90 Å². The molecule has 3 nitrogen and oxygen atoms in total. The topological polar surface area (TPSA) is 49.3 Å². The van der Waals surface area contributed by atoms with Crippen LogP contribution in [0.25, 0.3) is 0 Å². The molecule has 0 atom stereocenters. The van der Waals surface area contributed by atoms with Gasteiger partial charge in [0.15, 0.2) is 0 Å². The normalized spacial score (nSPS) is 17.4. The molecule has 1 aromatic rings. The number of aliphatic hydroxyl groups is 1. The van der Waals surface area contributed by atoms with Crippen LogP contribution in [0.2, 0.25) is 0 Å². The van der Waals surface area contributed by atoms with E-state index < -0.39 is 5.54 Å². The van der Waals surface area contributed by atoms with E-state index >= 15 is 0 Å². The van der Waals surface area contributed by atoms with E-state index in [1.54, 1.807) is 11.8 Å². The van der Waals surface area contributed by atoms with Gasteiger partial charge in [0.1, 0.15) is 0 Å². The number of nitrogens with one attached hydrogen (secondary N) is 1. The molecule has 1 saturated carbocycles. The number of thioether (sulfide) groups is 1. The highest BCUT2D eigenvalue weighted by Crippen LogP contribution is 2.29. The first-order valence-electron chi connectivity index (χ1n) is 6.85. The SMILES string of the molecule is CCSc1ccc(C(=O)NC2(CO)CCCC2)cc1. The molecule has 0 aromatic heterocycles. The first-order valence-corrected chi connectivity index (χ1v) is 7.84. The number of hydrogen-bond donors (Lipinski definition) is 2. The van der Waals surface area contributed by atoms with Crippen LogP contribution < -0.4 is 5.32 Å². The molecule has 1 aliphatic carbocycles. The number of amides is 1. The third-order valence-corrected chi connectivity index (χ3v) is 4.56. The minimum Gasteiger partial charge on any atom is -0.394 e. The van der Waals surface area contributed by atoms with Crippen LogP contribution in [-0.2, 0) is 0 Å². The van der Waals surface area contributed by atoms with E-state index in [0.717, 1.165) is 31.4 Å². The minimum atomic E-state index is -0.395. The summed E-state index contributed by atoms with van der Waals surface area (Å²) in [6, 6.07) is 7.66. The van der Waals surface area contributed by atoms with E-state index in [1.807, 2.05) is 24.3 Å². The Morgan fingerprint density at radius 3 is 2.47 bits per heavy atom. The molecule has 0 aliphatic heterocycles. The van der Waals surface area contributed by atoms with Crippen LogP contribution in [0.3, 0.4) is 0 Å². The van der Waals surface area contributed by atoms with Crippen molar-refractivity contribution < 1.29 is 9.90 Å². The molecule has 0 radical (unpaired) electrons. The van der Waals surface area contributed by atoms with Gasteiger partial charge in [-0.2, -0.15) is 0 Å². The van der Waals surface area contributed by atoms with Crippen molar-refractivity contribution in [1.29, 1.82) is 0 Å². The van der Waals surface area contributed by atoms with Gasteiger partial charge in [0.25, 0.3) is 5.91 Å². The van der Waals surface area contributed by atoms with Crippen molar-refractivity contribution in [3.63, 3.8) is 0 Å². The summed E-state index contributed by atoms with van der Waals surface area (Å²) in [4.78, 5) is 13.4. The van der Waals surface area contributed by atoms with Crippen LogP contribution in [0.5, 0.6) is 0 Å². The fourth-order valence-corrected chi connectivity index (χ4v) is 3.22. The third-order valence-electron chi connectivity index (χ3n) is 3.67. The number of benzene rings is 1. The summed E-state index contributed by atoms with van der Waals surface area (Å²) in [6.45, 7) is 2.14. The fraction of sp³-hybridized carbons (Fsp3) is 0.533. The number of rotatable bonds is 5. The van der Waals surface area contributed by atoms with Gasteiger partial charge in [0, 0.05) is 10.5 Å². The molecule has 0 unspecified atom stereocenters. The maximum Gasteiger partial charge on any atom is 0.251 e. The second-order valence-corrected chi connectivity index (χ2v) is 6.39. The van der Waals surface area contributed by atoms with Crippen LogP contribution in [0.4, 0.5) is 0 Å². The molecular weight excluding hydrogens is 258 g/mol. The molecular formula is C15H21NO2S. The Kier molecular flexibility index (Phi) is 4.88. The zero-order valence-electron chi connectivity index (χ0n) is 11.3. The third kappa shape index (κ3) is 3.51. The Bertz CT molecular complexity index is 424. The molecule has 1 amide bonds. The summed E-state index contributed by atoms with van der Waals surface area (Å²) < 4.78 is 0. The number of hydrogen-bond acceptors (Lipinski definition) is 3. The molecule has 0 bridgehead atoms. The summed E-state index contributed by atoms with van der Waals surface area (Å²) in [6.07, 6.45) is 3.90. The van der Waals surface area contributed by atoms with Crippen molar-refractivity contribution in [1.82, 2.24) is 5.32 Å². The van der Waals surface area contributed by atoms with E-state index in [2.05, 4.69) is 12.2 Å². The standard InChI is InChI=1S/C15H21NO2S/c1-2-19-13-7-5-12(6-8-13)14(18)16-15(11-17)9-3-4-10-15/h5-8,17H,2-4,9-11H2,1H3,(H,16,18). The molecule has 4 heteroatoms. The van der Waals surface area contributed by atoms with Gasteiger partial charge in [-0.25, -0.2) is 0 Å². The molecule has 1 fully saturated rings. The van der Waals surface area contributed by atoms with Crippen molar-refractivity contribution in [3.8, 4) is 0 Å². The van der Waals surface area contributed by atoms with Crippen molar-refractivity contribution in [2.75, 3.05) is 12.4 Å². The Labute approximate surface area is 118 Å². The Hall–Kier alpha value is -1.00. The quantitative estimate of drug-likeness (QED) is 0.815. The summed E-state index contributed by atoms with van der Waals surface area (Å²) in [5, 5.41) is 12.5. The lowest BCUT2D eigenvalue weighted by Crippen LogP contribution is -2.49. The van der Waals surface area contributed by atoms with Gasteiger partial charge in [-0.3, -0.25) is 4.79 Å². The Morgan fingerprint density at radius 2 is 1.95 bits per heavy atom. The average Bonchev–Trinajstić information content (AvgIpc) is 2.89. The van der Waals surface area contributed by atoms with Crippen LogP contribution >= 0.6 is 11.8 Å². The van der Waals surface area contributed by atoms with Gasteiger partial charge in [0.05, 0.1) is 12.1 Å². The molecule has 1 aromatic carbocycles. The molecule has 0 saturated heterocycles. The van der Waals surface area contributed by atoms with Crippen molar-refractivity contribution >= 4 is 17.7 Å². The number of aliphatic hydroxyl groups excluding tert-OH is 1. The zero-order chi connectivity index (χ0) is 13.7. The van der Waals surface area contributed by atoms with Crippen LogP contribution in [-0.4, -0.2) is 28.9 Å². The lowest BCUT2D eigenvalue weighted by Gasteiger charge is -2.28. The van der Waals surface area contributed by atoms with Crippen molar-refractivity contribution in [3.05, 3.63) is 29.8 Å². The first kappa shape index (κ1) is 14.4. The molecule has 19 heavy (non-hydrogen) atoms. The molecule has 2 rings (SSSR count). The largest absolute Gasteiger partial charge is 0.394 e. The minimum absolute atomic E-state index is 0.0303. The maximum absolute atomic E-state index is 12.2. The van der Waals surface area contributed by atoms with Crippen LogP contribution in [0.1, 0.15) is 43.0 Å². The van der Waals surface area contributed by atoms with Crippen molar-refractivity contribution in [2.45, 2.75) is 43.0 Å². The first-order chi connectivity index (χ1) is 9.19. The van der Waals surface area contributed by atoms with E-state index in [0.29, 0.717) is 5.56 Å². The highest BCUT2D eigenvalue weighted by molar-refractivity contribution is 7.99. The smallest absolute Gasteiger partial charge is 0.251 e. The Balaban J connectivity index is 2.03. The molecule has 104 valence electrons. The van der Waals surface area contributed by atoms with Gasteiger partial charge in [-0.1, -0.05) is 19.8 Å². The average molecular weight is 279 g/mol. The van der Waals surface area contributed by atoms with Gasteiger partial charge >= 0.3 is 0 Å². The summed E-state index contributed by atoms with van der Waals surface area (Å²) in [5.41, 5.74) is 0.272. The van der Waals surface area contributed by atoms with Crippen molar-refractivity contribution in [2.24, 2.45) is 0 Å². The second kappa shape index (κ2) is 6.44. The molecule has 0 spiro atoms. The lowest BCUT2D eigenvalue weighted by atomic mass is 9.98. The lowest BCUT2D eigenvalue weighted by molar-refractivity contribution is 0.0838. The van der Waals surface area contributed by atoms with Crippen LogP contribution in [0.15, 0.2) is 29.2 Å². The van der Waals surface area contributed by atoms with Gasteiger partial charge in [-0.15, -0.1) is 11.8 Å². The summed E-state index contributed by atoms with van der Waals surface area (Å²) >= 11 is 1.76. The summed E-state index contributed by atoms with van der Waals surface area (Å²) in [7, 11) is 0. The zero-order valence-corrected chi connectivity index (χ0v) is 12.1. The number of carbonyl (C=O) groups is 1. The number of carbonyl (C=O) groups excluding carboxylic acids is 1. The molecule has 1 aliphatic rings. The predicted octanol–water partition coefficient (Wildman–Crippen LogP) is 2.83. The van der Waals surface area contributed by atoms with Gasteiger partial charge in [0.2, 0.25) is 0 Å². The predicted molar refractivity (Wildman–Crippen MR) is 78.6 cm³/mol. The van der Waals surface area contributed by atoms with E-state index in [-0.39, 0.29) is 12.5 Å². The highest BCUT2D eigenvalue weighted by Gasteiger charge is 2.34. The second-order valence-electron chi connectivity index (χ2n) is 5.06.